The van der Waals surface area contributed by atoms with E-state index in [-0.39, 0.29) is 0 Å². The highest BCUT2D eigenvalue weighted by atomic mass is 15.3. The molecule has 0 bridgehead atoms. The fourth-order valence-corrected chi connectivity index (χ4v) is 1.85. The monoisotopic (exact) mass is 183 g/mol. The van der Waals surface area contributed by atoms with Crippen molar-refractivity contribution in [3.8, 4) is 0 Å². The van der Waals surface area contributed by atoms with Gasteiger partial charge in [0.05, 0.1) is 0 Å². The van der Waals surface area contributed by atoms with Crippen LogP contribution in [0.25, 0.3) is 0 Å². The van der Waals surface area contributed by atoms with Crippen LogP contribution in [0.1, 0.15) is 26.7 Å². The highest BCUT2D eigenvalue weighted by Gasteiger charge is 2.17. The zero-order chi connectivity index (χ0) is 9.68. The first kappa shape index (κ1) is 11.0. The van der Waals surface area contributed by atoms with Crippen molar-refractivity contribution in [2.45, 2.75) is 32.7 Å². The maximum absolute atomic E-state index is 2.61. The summed E-state index contributed by atoms with van der Waals surface area (Å²) in [6.45, 7) is 9.48. The molecule has 1 saturated heterocycles. The van der Waals surface area contributed by atoms with Gasteiger partial charge >= 0.3 is 0 Å². The second-order valence-electron chi connectivity index (χ2n) is 4.17. The Morgan fingerprint density at radius 2 is 1.85 bits per heavy atom. The van der Waals surface area contributed by atoms with Gasteiger partial charge in [0.1, 0.15) is 0 Å². The van der Waals surface area contributed by atoms with E-state index in [2.05, 4.69) is 37.1 Å². The largest absolute Gasteiger partial charge is 0.304 e. The van der Waals surface area contributed by atoms with Crippen LogP contribution < -0.4 is 0 Å². The van der Waals surface area contributed by atoms with Crippen LogP contribution in [0.4, 0.5) is 0 Å². The van der Waals surface area contributed by atoms with Crippen molar-refractivity contribution >= 4 is 0 Å². The summed E-state index contributed by atoms with van der Waals surface area (Å²) in [5.41, 5.74) is 0. The molecular formula is C11H23N2. The van der Waals surface area contributed by atoms with Crippen LogP contribution >= 0.6 is 0 Å². The number of likely N-dealkylation sites (N-methyl/N-ethyl adjacent to an activating group) is 1. The Bertz CT molecular complexity index is 128. The highest BCUT2D eigenvalue weighted by Crippen LogP contribution is 2.10. The SMILES string of the molecule is C[CH]CCC(C)N1CCN(C)CC1. The van der Waals surface area contributed by atoms with Gasteiger partial charge in [0.25, 0.3) is 0 Å². The van der Waals surface area contributed by atoms with Crippen molar-refractivity contribution in [1.29, 1.82) is 0 Å². The zero-order valence-corrected chi connectivity index (χ0v) is 9.29. The Morgan fingerprint density at radius 1 is 1.23 bits per heavy atom. The first-order chi connectivity index (χ1) is 6.24. The predicted molar refractivity (Wildman–Crippen MR) is 57.7 cm³/mol. The molecule has 1 radical (unpaired) electrons. The second kappa shape index (κ2) is 5.61. The third-order valence-electron chi connectivity index (χ3n) is 3.03. The summed E-state index contributed by atoms with van der Waals surface area (Å²) in [6, 6.07) is 0.768. The van der Waals surface area contributed by atoms with Crippen LogP contribution in [0.2, 0.25) is 0 Å². The molecule has 2 heteroatoms. The average molecular weight is 183 g/mol. The summed E-state index contributed by atoms with van der Waals surface area (Å²) >= 11 is 0. The number of hydrogen-bond donors (Lipinski definition) is 0. The molecule has 1 aliphatic rings. The van der Waals surface area contributed by atoms with Crippen LogP contribution in [0.3, 0.4) is 0 Å². The lowest BCUT2D eigenvalue weighted by atomic mass is 10.1. The van der Waals surface area contributed by atoms with Gasteiger partial charge in [0, 0.05) is 32.2 Å². The van der Waals surface area contributed by atoms with E-state index >= 15 is 0 Å². The van der Waals surface area contributed by atoms with Crippen LogP contribution in [-0.4, -0.2) is 49.1 Å². The number of nitrogens with zero attached hydrogens (tertiary/aromatic N) is 2. The van der Waals surface area contributed by atoms with Gasteiger partial charge < -0.3 is 4.90 Å². The topological polar surface area (TPSA) is 6.48 Å². The lowest BCUT2D eigenvalue weighted by Gasteiger charge is -2.36. The van der Waals surface area contributed by atoms with Crippen LogP contribution in [0.5, 0.6) is 0 Å². The van der Waals surface area contributed by atoms with Gasteiger partial charge in [-0.1, -0.05) is 6.92 Å². The van der Waals surface area contributed by atoms with Gasteiger partial charge in [0.2, 0.25) is 0 Å². The molecule has 0 aromatic carbocycles. The van der Waals surface area contributed by atoms with Crippen molar-refractivity contribution in [1.82, 2.24) is 9.80 Å². The zero-order valence-electron chi connectivity index (χ0n) is 9.29. The van der Waals surface area contributed by atoms with Gasteiger partial charge in [-0.15, -0.1) is 0 Å². The average Bonchev–Trinajstić information content (AvgIpc) is 2.15. The highest BCUT2D eigenvalue weighted by molar-refractivity contribution is 4.75. The van der Waals surface area contributed by atoms with E-state index in [4.69, 9.17) is 0 Å². The lowest BCUT2D eigenvalue weighted by Crippen LogP contribution is -2.48. The van der Waals surface area contributed by atoms with Crippen molar-refractivity contribution in [2.24, 2.45) is 0 Å². The Morgan fingerprint density at radius 3 is 2.38 bits per heavy atom. The first-order valence-electron chi connectivity index (χ1n) is 5.44. The van der Waals surface area contributed by atoms with Crippen molar-refractivity contribution in [3.05, 3.63) is 6.42 Å². The standard InChI is InChI=1S/C11H23N2/c1-4-5-6-11(2)13-9-7-12(3)8-10-13/h4,11H,5-10H2,1-3H3. The molecule has 1 rings (SSSR count). The molecular weight excluding hydrogens is 160 g/mol. The fourth-order valence-electron chi connectivity index (χ4n) is 1.85. The predicted octanol–water partition coefficient (Wildman–Crippen LogP) is 1.63. The summed E-state index contributed by atoms with van der Waals surface area (Å²) in [5.74, 6) is 0. The smallest absolute Gasteiger partial charge is 0.0113 e. The van der Waals surface area contributed by atoms with E-state index in [1.54, 1.807) is 0 Å². The van der Waals surface area contributed by atoms with Crippen LogP contribution in [0, 0.1) is 6.42 Å². The second-order valence-corrected chi connectivity index (χ2v) is 4.17. The Labute approximate surface area is 82.9 Å². The molecule has 77 valence electrons. The molecule has 0 aromatic rings. The molecule has 1 atom stereocenters. The van der Waals surface area contributed by atoms with Crippen LogP contribution in [-0.2, 0) is 0 Å². The summed E-state index contributed by atoms with van der Waals surface area (Å²) in [6.07, 6.45) is 4.85. The van der Waals surface area contributed by atoms with E-state index in [9.17, 15) is 0 Å². The summed E-state index contributed by atoms with van der Waals surface area (Å²) in [4.78, 5) is 5.03. The summed E-state index contributed by atoms with van der Waals surface area (Å²) < 4.78 is 0. The van der Waals surface area contributed by atoms with Gasteiger partial charge in [0.15, 0.2) is 0 Å². The Kier molecular flexibility index (Phi) is 4.74. The molecule has 13 heavy (non-hydrogen) atoms. The van der Waals surface area contributed by atoms with E-state index < -0.39 is 0 Å². The van der Waals surface area contributed by atoms with E-state index in [1.807, 2.05) is 0 Å². The van der Waals surface area contributed by atoms with Gasteiger partial charge in [-0.3, -0.25) is 4.90 Å². The summed E-state index contributed by atoms with van der Waals surface area (Å²) in [5, 5.41) is 0. The van der Waals surface area contributed by atoms with Crippen molar-refractivity contribution in [3.63, 3.8) is 0 Å². The third kappa shape index (κ3) is 3.65. The molecule has 1 unspecified atom stereocenters. The lowest BCUT2D eigenvalue weighted by molar-refractivity contribution is 0.114. The molecule has 1 heterocycles. The van der Waals surface area contributed by atoms with Gasteiger partial charge in [-0.25, -0.2) is 0 Å². The minimum absolute atomic E-state index is 0.768. The van der Waals surface area contributed by atoms with Crippen molar-refractivity contribution < 1.29 is 0 Å². The Hall–Kier alpha value is -0.0800. The minimum Gasteiger partial charge on any atom is -0.304 e. The molecule has 0 saturated carbocycles. The molecule has 0 amide bonds. The quantitative estimate of drug-likeness (QED) is 0.653. The van der Waals surface area contributed by atoms with Crippen molar-refractivity contribution in [2.75, 3.05) is 33.2 Å². The maximum atomic E-state index is 2.61. The van der Waals surface area contributed by atoms with E-state index in [1.165, 1.54) is 39.0 Å². The number of hydrogen-bond acceptors (Lipinski definition) is 2. The molecule has 0 aromatic heterocycles. The molecule has 0 aliphatic carbocycles. The molecule has 2 nitrogen and oxygen atoms in total. The van der Waals surface area contributed by atoms with E-state index in [0.717, 1.165) is 6.04 Å². The van der Waals surface area contributed by atoms with Crippen LogP contribution in [0.15, 0.2) is 0 Å². The number of piperazine rings is 1. The van der Waals surface area contributed by atoms with Gasteiger partial charge in [-0.05, 0) is 33.2 Å². The third-order valence-corrected chi connectivity index (χ3v) is 3.03. The molecule has 0 spiro atoms. The number of unbranched alkanes of at least 4 members (excludes halogenated alkanes) is 1. The molecule has 1 aliphatic heterocycles. The van der Waals surface area contributed by atoms with E-state index in [0.29, 0.717) is 0 Å². The van der Waals surface area contributed by atoms with Gasteiger partial charge in [-0.2, -0.15) is 0 Å². The number of rotatable bonds is 4. The summed E-state index contributed by atoms with van der Waals surface area (Å²) in [7, 11) is 2.21. The first-order valence-corrected chi connectivity index (χ1v) is 5.44. The molecule has 1 fully saturated rings. The normalized spacial score (nSPS) is 23.3. The Balaban J connectivity index is 2.19. The minimum atomic E-state index is 0.768. The molecule has 0 N–H and O–H groups in total. The maximum Gasteiger partial charge on any atom is 0.0113 e. The fraction of sp³-hybridized carbons (Fsp3) is 0.909.